The summed E-state index contributed by atoms with van der Waals surface area (Å²) in [6, 6.07) is 27.9. The first-order chi connectivity index (χ1) is 31.0. The van der Waals surface area contributed by atoms with Crippen molar-refractivity contribution in [2.24, 2.45) is 5.92 Å². The lowest BCUT2D eigenvalue weighted by Gasteiger charge is -2.50. The van der Waals surface area contributed by atoms with E-state index < -0.39 is 78.9 Å². The molecule has 0 spiro atoms. The summed E-state index contributed by atoms with van der Waals surface area (Å²) in [6.45, 7) is 8.24. The molecule has 1 aliphatic carbocycles. The van der Waals surface area contributed by atoms with Crippen molar-refractivity contribution >= 4 is 23.8 Å². The fourth-order valence-corrected chi connectivity index (χ4v) is 8.25. The van der Waals surface area contributed by atoms with Crippen LogP contribution in [0.3, 0.4) is 0 Å². The van der Waals surface area contributed by atoms with Crippen LogP contribution in [0.2, 0.25) is 0 Å². The summed E-state index contributed by atoms with van der Waals surface area (Å²) >= 11 is 0. The number of ether oxygens (including phenoxy) is 9. The predicted molar refractivity (Wildman–Crippen MR) is 236 cm³/mol. The van der Waals surface area contributed by atoms with Gasteiger partial charge in [-0.2, -0.15) is 0 Å². The first-order valence-electron chi connectivity index (χ1n) is 22.6. The number of rotatable bonds is 25. The van der Waals surface area contributed by atoms with Gasteiger partial charge in [-0.1, -0.05) is 130 Å². The van der Waals surface area contributed by atoms with Crippen molar-refractivity contribution in [1.29, 1.82) is 0 Å². The van der Waals surface area contributed by atoms with Crippen molar-refractivity contribution < 1.29 is 61.8 Å². The van der Waals surface area contributed by atoms with E-state index in [0.717, 1.165) is 48.8 Å². The molecule has 5 rings (SSSR count). The van der Waals surface area contributed by atoms with Crippen molar-refractivity contribution in [1.82, 2.24) is 5.32 Å². The molecule has 3 aromatic rings. The summed E-state index contributed by atoms with van der Waals surface area (Å²) in [6.07, 6.45) is -1.54. The van der Waals surface area contributed by atoms with Gasteiger partial charge in [-0.05, 0) is 29.5 Å². The minimum atomic E-state index is -1.15. The third kappa shape index (κ3) is 16.4. The second kappa shape index (κ2) is 26.9. The van der Waals surface area contributed by atoms with Crippen LogP contribution in [0.1, 0.15) is 96.3 Å². The first kappa shape index (κ1) is 50.3. The highest BCUT2D eigenvalue weighted by Crippen LogP contribution is 2.38. The number of hydrogen-bond donors (Lipinski definition) is 1. The van der Waals surface area contributed by atoms with Crippen LogP contribution in [0.15, 0.2) is 91.0 Å². The molecule has 1 aliphatic heterocycles. The minimum absolute atomic E-state index is 0.0673. The maximum Gasteiger partial charge on any atom is 0.303 e. The fraction of sp³-hybridized carbons (Fsp3) is 0.560. The molecule has 1 saturated heterocycles. The molecule has 64 heavy (non-hydrogen) atoms. The Hall–Kier alpha value is -4.70. The van der Waals surface area contributed by atoms with Gasteiger partial charge in [-0.25, -0.2) is 0 Å². The fourth-order valence-electron chi connectivity index (χ4n) is 8.25. The highest BCUT2D eigenvalue weighted by atomic mass is 16.7. The maximum absolute atomic E-state index is 13.2. The van der Waals surface area contributed by atoms with Crippen LogP contribution in [0.4, 0.5) is 0 Å². The van der Waals surface area contributed by atoms with E-state index in [-0.39, 0.29) is 38.8 Å². The van der Waals surface area contributed by atoms with Crippen molar-refractivity contribution in [3.8, 4) is 0 Å². The molecule has 10 atom stereocenters. The van der Waals surface area contributed by atoms with Crippen molar-refractivity contribution in [2.45, 2.75) is 154 Å². The molecule has 0 unspecified atom stereocenters. The van der Waals surface area contributed by atoms with Crippen LogP contribution in [-0.2, 0) is 81.6 Å². The molecule has 2 aliphatic rings. The molecule has 1 N–H and O–H groups in total. The lowest BCUT2D eigenvalue weighted by Crippen LogP contribution is -2.68. The van der Waals surface area contributed by atoms with Crippen LogP contribution >= 0.6 is 0 Å². The topological polar surface area (TPSA) is 163 Å². The number of amides is 1. The molecule has 0 radical (unpaired) electrons. The zero-order chi connectivity index (χ0) is 45.7. The monoisotopic (exact) mass is 889 g/mol. The highest BCUT2D eigenvalue weighted by Gasteiger charge is 2.55. The molecular formula is C50H67NO13. The molecule has 1 amide bonds. The molecule has 1 heterocycles. The Morgan fingerprint density at radius 3 is 1.70 bits per heavy atom. The highest BCUT2D eigenvalue weighted by molar-refractivity contribution is 5.73. The zero-order valence-corrected chi connectivity index (χ0v) is 37.9. The molecule has 14 heteroatoms. The van der Waals surface area contributed by atoms with Gasteiger partial charge in [0, 0.05) is 40.2 Å². The number of benzene rings is 3. The number of hydrogen-bond acceptors (Lipinski definition) is 13. The molecule has 0 bridgehead atoms. The van der Waals surface area contributed by atoms with E-state index in [1.165, 1.54) is 34.1 Å². The molecule has 14 nitrogen and oxygen atoms in total. The van der Waals surface area contributed by atoms with E-state index in [2.05, 4.69) is 12.2 Å². The normalized spacial score (nSPS) is 25.5. The lowest BCUT2D eigenvalue weighted by molar-refractivity contribution is -0.306. The quantitative estimate of drug-likeness (QED) is 0.0518. The van der Waals surface area contributed by atoms with Gasteiger partial charge in [0.1, 0.15) is 36.6 Å². The molecule has 350 valence electrons. The van der Waals surface area contributed by atoms with Gasteiger partial charge in [-0.15, -0.1) is 0 Å². The van der Waals surface area contributed by atoms with Gasteiger partial charge in [0.2, 0.25) is 5.91 Å². The van der Waals surface area contributed by atoms with E-state index in [1.807, 2.05) is 91.0 Å². The number of unbranched alkanes of at least 4 members (excludes halogenated alkanes) is 5. The van der Waals surface area contributed by atoms with E-state index in [4.69, 9.17) is 42.6 Å². The van der Waals surface area contributed by atoms with Gasteiger partial charge in [0.05, 0.1) is 39.1 Å². The molecular weight excluding hydrogens is 823 g/mol. The van der Waals surface area contributed by atoms with Crippen LogP contribution in [0, 0.1) is 5.92 Å². The Balaban J connectivity index is 1.56. The molecule has 0 aromatic heterocycles. The second-order valence-electron chi connectivity index (χ2n) is 16.5. The van der Waals surface area contributed by atoms with Crippen molar-refractivity contribution in [3.63, 3.8) is 0 Å². The smallest absolute Gasteiger partial charge is 0.303 e. The third-order valence-corrected chi connectivity index (χ3v) is 11.2. The Morgan fingerprint density at radius 1 is 0.594 bits per heavy atom. The van der Waals surface area contributed by atoms with Crippen LogP contribution < -0.4 is 5.32 Å². The van der Waals surface area contributed by atoms with Crippen LogP contribution in [0.25, 0.3) is 0 Å². The van der Waals surface area contributed by atoms with Gasteiger partial charge in [0.25, 0.3) is 0 Å². The molecule has 2 fully saturated rings. The van der Waals surface area contributed by atoms with E-state index in [9.17, 15) is 19.2 Å². The van der Waals surface area contributed by atoms with E-state index in [1.54, 1.807) is 0 Å². The third-order valence-electron chi connectivity index (χ3n) is 11.2. The zero-order valence-electron chi connectivity index (χ0n) is 37.9. The molecule has 1 saturated carbocycles. The number of carbonyl (C=O) groups excluding carboxylic acids is 4. The summed E-state index contributed by atoms with van der Waals surface area (Å²) in [5.74, 6) is -2.78. The number of esters is 3. The Kier molecular flexibility index (Phi) is 21.2. The van der Waals surface area contributed by atoms with Crippen molar-refractivity contribution in [3.05, 3.63) is 108 Å². The number of nitrogens with one attached hydrogen (secondary N) is 1. The predicted octanol–water partition coefficient (Wildman–Crippen LogP) is 7.18. The van der Waals surface area contributed by atoms with Crippen LogP contribution in [0.5, 0.6) is 0 Å². The summed E-state index contributed by atoms with van der Waals surface area (Å²) in [5, 5.41) is 3.06. The van der Waals surface area contributed by atoms with Gasteiger partial charge < -0.3 is 47.9 Å². The molecule has 3 aromatic carbocycles. The maximum atomic E-state index is 13.2. The van der Waals surface area contributed by atoms with E-state index in [0.29, 0.717) is 13.2 Å². The van der Waals surface area contributed by atoms with Crippen LogP contribution in [-0.4, -0.2) is 98.7 Å². The average Bonchev–Trinajstić information content (AvgIpc) is 3.27. The summed E-state index contributed by atoms with van der Waals surface area (Å²) < 4.78 is 57.8. The average molecular weight is 890 g/mol. The first-order valence-corrected chi connectivity index (χ1v) is 22.6. The van der Waals surface area contributed by atoms with Gasteiger partial charge in [0.15, 0.2) is 12.4 Å². The summed E-state index contributed by atoms with van der Waals surface area (Å²) in [4.78, 5) is 51.2. The summed E-state index contributed by atoms with van der Waals surface area (Å²) in [7, 11) is 0. The standard InChI is InChI=1S/C50H67NO13/c1-6-7-8-9-10-20-27-57-50-44(51-34(2)52)48(46(59-30-39-23-16-12-17-24-39)43(64-50)33-56-29-38-21-14-11-15-22-38)63-42-28-41(32-58-35(3)53)45(61-36(4)54)49(47(42)62-37(5)55)60-31-40-25-18-13-19-26-40/h11-19,21-26,41-50H,6-10,20,27-33H2,1-5H3,(H,51,52)/t41-,42-,43-,44-,45+,46-,47+,48-,49+,50-/m1/s1. The Bertz CT molecular complexity index is 1830. The Morgan fingerprint density at radius 2 is 1.14 bits per heavy atom. The van der Waals surface area contributed by atoms with Gasteiger partial charge in [-0.3, -0.25) is 19.2 Å². The Labute approximate surface area is 377 Å². The minimum Gasteiger partial charge on any atom is -0.465 e. The SMILES string of the molecule is CCCCCCCCO[C@@H]1O[C@H](COCc2ccccc2)[C@@H](OCc2ccccc2)[C@H](O[C@@H]2C[C@H](COC(C)=O)[C@H](OC(C)=O)[C@H](OCc3ccccc3)[C@H]2OC(C)=O)[C@H]1NC(C)=O. The van der Waals surface area contributed by atoms with Crippen molar-refractivity contribution in [2.75, 3.05) is 19.8 Å². The van der Waals surface area contributed by atoms with Gasteiger partial charge >= 0.3 is 17.9 Å². The second-order valence-corrected chi connectivity index (χ2v) is 16.5. The number of carbonyl (C=O) groups is 4. The summed E-state index contributed by atoms with van der Waals surface area (Å²) in [5.41, 5.74) is 2.67. The largest absolute Gasteiger partial charge is 0.465 e. The lowest BCUT2D eigenvalue weighted by atomic mass is 9.80. The van der Waals surface area contributed by atoms with E-state index >= 15 is 0 Å².